The molecular weight excluding hydrogens is 439 g/mol. The van der Waals surface area contributed by atoms with E-state index in [0.29, 0.717) is 19.5 Å². The van der Waals surface area contributed by atoms with Gasteiger partial charge in [0.15, 0.2) is 0 Å². The highest BCUT2D eigenvalue weighted by atomic mass is 79.9. The Bertz CT molecular complexity index is 679. The van der Waals surface area contributed by atoms with Crippen LogP contribution in [-0.4, -0.2) is 48.0 Å². The molecule has 2 N–H and O–H groups in total. The summed E-state index contributed by atoms with van der Waals surface area (Å²) in [6, 6.07) is 13.4. The van der Waals surface area contributed by atoms with E-state index in [4.69, 9.17) is 5.73 Å². The monoisotopic (exact) mass is 460 g/mol. The molecule has 3 rings (SSSR count). The third-order valence-electron chi connectivity index (χ3n) is 4.24. The summed E-state index contributed by atoms with van der Waals surface area (Å²) in [6.45, 7) is 2.91. The number of aromatic nitrogens is 1. The number of carbonyl (C=O) groups is 1. The van der Waals surface area contributed by atoms with E-state index in [9.17, 15) is 4.79 Å². The lowest BCUT2D eigenvalue weighted by Crippen LogP contribution is -2.53. The molecule has 1 aliphatic rings. The van der Waals surface area contributed by atoms with Gasteiger partial charge in [0.05, 0.1) is 6.04 Å². The van der Waals surface area contributed by atoms with Gasteiger partial charge in [-0.25, -0.2) is 4.98 Å². The van der Waals surface area contributed by atoms with Crippen LogP contribution in [0.4, 0.5) is 5.82 Å². The number of anilines is 1. The Morgan fingerprint density at radius 3 is 2.31 bits per heavy atom. The molecule has 1 fully saturated rings. The summed E-state index contributed by atoms with van der Waals surface area (Å²) in [5.41, 5.74) is 7.21. The zero-order valence-electron chi connectivity index (χ0n) is 14.3. The van der Waals surface area contributed by atoms with Crippen LogP contribution in [0.1, 0.15) is 5.56 Å². The number of hydrogen-bond acceptors (Lipinski definition) is 4. The number of nitrogens with two attached hydrogens (primary N) is 1. The molecule has 142 valence electrons. The number of halogens is 3. The van der Waals surface area contributed by atoms with E-state index in [1.54, 1.807) is 6.20 Å². The van der Waals surface area contributed by atoms with Crippen molar-refractivity contribution in [3.8, 4) is 0 Å². The molecule has 1 aliphatic heterocycles. The second-order valence-corrected chi connectivity index (χ2v) is 6.86. The molecule has 0 aliphatic carbocycles. The first-order valence-corrected chi connectivity index (χ1v) is 8.87. The Labute approximate surface area is 174 Å². The minimum Gasteiger partial charge on any atom is -0.353 e. The molecule has 0 bridgehead atoms. The Morgan fingerprint density at radius 2 is 1.73 bits per heavy atom. The molecule has 2 aromatic rings. The van der Waals surface area contributed by atoms with Crippen LogP contribution in [0.25, 0.3) is 0 Å². The highest BCUT2D eigenvalue weighted by Crippen LogP contribution is 2.17. The lowest BCUT2D eigenvalue weighted by molar-refractivity contribution is -0.132. The van der Waals surface area contributed by atoms with Gasteiger partial charge in [-0.2, -0.15) is 0 Å². The normalized spacial score (nSPS) is 14.8. The van der Waals surface area contributed by atoms with E-state index in [1.807, 2.05) is 47.4 Å². The predicted molar refractivity (Wildman–Crippen MR) is 113 cm³/mol. The summed E-state index contributed by atoms with van der Waals surface area (Å²) in [6.07, 6.45) is 2.37. The van der Waals surface area contributed by atoms with Gasteiger partial charge in [-0.3, -0.25) is 4.79 Å². The molecule has 5 nitrogen and oxygen atoms in total. The number of nitrogens with zero attached hydrogens (tertiary/aromatic N) is 3. The number of hydrogen-bond donors (Lipinski definition) is 1. The van der Waals surface area contributed by atoms with Gasteiger partial charge < -0.3 is 15.5 Å². The van der Waals surface area contributed by atoms with Crippen molar-refractivity contribution in [3.05, 3.63) is 58.7 Å². The molecule has 8 heteroatoms. The van der Waals surface area contributed by atoms with Crippen LogP contribution in [0.3, 0.4) is 0 Å². The summed E-state index contributed by atoms with van der Waals surface area (Å²) in [5.74, 6) is 0.973. The topological polar surface area (TPSA) is 62.5 Å². The second kappa shape index (κ2) is 10.7. The number of rotatable bonds is 4. The van der Waals surface area contributed by atoms with Crippen molar-refractivity contribution < 1.29 is 4.79 Å². The Hall–Kier alpha value is -1.34. The van der Waals surface area contributed by atoms with Crippen molar-refractivity contribution in [2.45, 2.75) is 12.5 Å². The van der Waals surface area contributed by atoms with Crippen molar-refractivity contribution in [2.24, 2.45) is 5.73 Å². The minimum atomic E-state index is -0.482. The summed E-state index contributed by atoms with van der Waals surface area (Å²) in [7, 11) is 0. The Morgan fingerprint density at radius 1 is 1.08 bits per heavy atom. The van der Waals surface area contributed by atoms with E-state index < -0.39 is 6.04 Å². The fourth-order valence-electron chi connectivity index (χ4n) is 2.90. The van der Waals surface area contributed by atoms with E-state index in [-0.39, 0.29) is 30.7 Å². The molecule has 0 radical (unpaired) electrons. The van der Waals surface area contributed by atoms with Crippen molar-refractivity contribution in [1.82, 2.24) is 9.88 Å². The molecule has 0 saturated carbocycles. The molecule has 1 atom stereocenters. The third-order valence-corrected chi connectivity index (χ3v) is 4.71. The van der Waals surface area contributed by atoms with Crippen LogP contribution in [0.15, 0.2) is 53.1 Å². The molecule has 1 saturated heterocycles. The van der Waals surface area contributed by atoms with Gasteiger partial charge in [0.2, 0.25) is 5.91 Å². The highest BCUT2D eigenvalue weighted by Gasteiger charge is 2.25. The number of piperazine rings is 1. The minimum absolute atomic E-state index is 0. The van der Waals surface area contributed by atoms with E-state index in [0.717, 1.165) is 28.9 Å². The van der Waals surface area contributed by atoms with Gasteiger partial charge in [-0.15, -0.1) is 24.8 Å². The quantitative estimate of drug-likeness (QED) is 0.760. The standard InChI is InChI=1S/C18H21BrN4O.2ClH/c19-15-6-7-17(21-13-15)22-8-10-23(11-9-22)18(24)16(20)12-14-4-2-1-3-5-14;;/h1-7,13,16H,8-12,20H2;2*1H/t16-;;/m0../s1. The maximum atomic E-state index is 12.6. The van der Waals surface area contributed by atoms with Gasteiger partial charge in [0, 0.05) is 36.8 Å². The van der Waals surface area contributed by atoms with Crippen molar-refractivity contribution in [2.75, 3.05) is 31.1 Å². The first-order chi connectivity index (χ1) is 11.6. The van der Waals surface area contributed by atoms with Crippen LogP contribution in [0.5, 0.6) is 0 Å². The maximum Gasteiger partial charge on any atom is 0.239 e. The van der Waals surface area contributed by atoms with Crippen molar-refractivity contribution >= 4 is 52.5 Å². The average Bonchev–Trinajstić information content (AvgIpc) is 2.63. The third kappa shape index (κ3) is 5.84. The maximum absolute atomic E-state index is 12.6. The Balaban J connectivity index is 0.00000169. The van der Waals surface area contributed by atoms with Gasteiger partial charge >= 0.3 is 0 Å². The van der Waals surface area contributed by atoms with E-state index >= 15 is 0 Å². The molecule has 26 heavy (non-hydrogen) atoms. The van der Waals surface area contributed by atoms with Gasteiger partial charge in [0.25, 0.3) is 0 Å². The van der Waals surface area contributed by atoms with Crippen molar-refractivity contribution in [1.29, 1.82) is 0 Å². The molecule has 0 spiro atoms. The van der Waals surface area contributed by atoms with E-state index in [2.05, 4.69) is 25.8 Å². The number of amides is 1. The van der Waals surface area contributed by atoms with Crippen LogP contribution in [0, 0.1) is 0 Å². The van der Waals surface area contributed by atoms with Crippen LogP contribution in [0.2, 0.25) is 0 Å². The predicted octanol–water partition coefficient (Wildman–Crippen LogP) is 2.91. The molecule has 2 heterocycles. The summed E-state index contributed by atoms with van der Waals surface area (Å²) in [5, 5.41) is 0. The van der Waals surface area contributed by atoms with E-state index in [1.165, 1.54) is 0 Å². The first kappa shape index (κ1) is 22.7. The van der Waals surface area contributed by atoms with Crippen LogP contribution < -0.4 is 10.6 Å². The summed E-state index contributed by atoms with van der Waals surface area (Å²) < 4.78 is 0.965. The highest BCUT2D eigenvalue weighted by molar-refractivity contribution is 9.10. The molecule has 0 unspecified atom stereocenters. The number of pyridine rings is 1. The molecular formula is C18H23BrCl2N4O. The molecule has 1 amide bonds. The zero-order valence-corrected chi connectivity index (χ0v) is 17.5. The lowest BCUT2D eigenvalue weighted by atomic mass is 10.1. The Kier molecular flexibility index (Phi) is 9.36. The van der Waals surface area contributed by atoms with Gasteiger partial charge in [0.1, 0.15) is 5.82 Å². The van der Waals surface area contributed by atoms with Gasteiger partial charge in [-0.05, 0) is 40.0 Å². The molecule has 1 aromatic carbocycles. The smallest absolute Gasteiger partial charge is 0.239 e. The average molecular weight is 462 g/mol. The fraction of sp³-hybridized carbons (Fsp3) is 0.333. The second-order valence-electron chi connectivity index (χ2n) is 5.94. The molecule has 1 aromatic heterocycles. The summed E-state index contributed by atoms with van der Waals surface area (Å²) in [4.78, 5) is 21.0. The zero-order chi connectivity index (χ0) is 16.9. The SMILES string of the molecule is Cl.Cl.N[C@@H](Cc1ccccc1)C(=O)N1CCN(c2ccc(Br)cn2)CC1. The lowest BCUT2D eigenvalue weighted by Gasteiger charge is -2.36. The van der Waals surface area contributed by atoms with Crippen molar-refractivity contribution in [3.63, 3.8) is 0 Å². The van der Waals surface area contributed by atoms with Gasteiger partial charge in [-0.1, -0.05) is 30.3 Å². The summed E-state index contributed by atoms with van der Waals surface area (Å²) >= 11 is 3.39. The number of carbonyl (C=O) groups excluding carboxylic acids is 1. The van der Waals surface area contributed by atoms with Crippen LogP contribution >= 0.6 is 40.7 Å². The fourth-order valence-corrected chi connectivity index (χ4v) is 3.14. The first-order valence-electron chi connectivity index (χ1n) is 8.08. The van der Waals surface area contributed by atoms with Crippen LogP contribution in [-0.2, 0) is 11.2 Å². The largest absolute Gasteiger partial charge is 0.353 e. The number of benzene rings is 1.